The number of ether oxygens (including phenoxy) is 2. The lowest BCUT2D eigenvalue weighted by atomic mass is 9.87. The fourth-order valence-electron chi connectivity index (χ4n) is 2.88. The van der Waals surface area contributed by atoms with E-state index in [0.717, 1.165) is 11.1 Å². The molecule has 2 N–H and O–H groups in total. The number of nitrogens with zero attached hydrogens (tertiary/aromatic N) is 2. The van der Waals surface area contributed by atoms with Gasteiger partial charge in [-0.15, -0.1) is 0 Å². The van der Waals surface area contributed by atoms with E-state index in [9.17, 15) is 4.79 Å². The quantitative estimate of drug-likeness (QED) is 0.475. The zero-order valence-corrected chi connectivity index (χ0v) is 17.8. The Morgan fingerprint density at radius 1 is 1.03 bits per heavy atom. The van der Waals surface area contributed by atoms with Gasteiger partial charge in [0.05, 0.1) is 26.1 Å². The molecule has 0 fully saturated rings. The van der Waals surface area contributed by atoms with Gasteiger partial charge < -0.3 is 9.47 Å². The van der Waals surface area contributed by atoms with Crippen LogP contribution in [0.15, 0.2) is 53.6 Å². The maximum absolute atomic E-state index is 12.3. The van der Waals surface area contributed by atoms with E-state index in [1.165, 1.54) is 5.56 Å². The number of aromatic amines is 1. The van der Waals surface area contributed by atoms with Gasteiger partial charge in [0.1, 0.15) is 5.69 Å². The van der Waals surface area contributed by atoms with Gasteiger partial charge >= 0.3 is 0 Å². The number of hydrazone groups is 1. The van der Waals surface area contributed by atoms with Crippen molar-refractivity contribution in [2.75, 3.05) is 14.2 Å². The molecule has 2 aromatic carbocycles. The minimum atomic E-state index is -0.378. The third kappa shape index (κ3) is 4.86. The molecule has 0 aliphatic carbocycles. The molecule has 1 heterocycles. The highest BCUT2D eigenvalue weighted by Crippen LogP contribution is 2.31. The van der Waals surface area contributed by atoms with Gasteiger partial charge in [0.2, 0.25) is 0 Å². The maximum Gasteiger partial charge on any atom is 0.289 e. The summed E-state index contributed by atoms with van der Waals surface area (Å²) >= 11 is 0. The smallest absolute Gasteiger partial charge is 0.289 e. The minimum Gasteiger partial charge on any atom is -0.493 e. The molecule has 0 aliphatic rings. The van der Waals surface area contributed by atoms with Gasteiger partial charge in [-0.25, -0.2) is 5.43 Å². The number of rotatable bonds is 6. The van der Waals surface area contributed by atoms with Gasteiger partial charge in [-0.1, -0.05) is 45.0 Å². The molecule has 0 aliphatic heterocycles. The topological polar surface area (TPSA) is 88.6 Å². The molecule has 0 saturated heterocycles. The summed E-state index contributed by atoms with van der Waals surface area (Å²) in [5.74, 6) is 0.836. The van der Waals surface area contributed by atoms with Gasteiger partial charge in [0.25, 0.3) is 5.91 Å². The van der Waals surface area contributed by atoms with Gasteiger partial charge in [0, 0.05) is 5.56 Å². The van der Waals surface area contributed by atoms with Crippen molar-refractivity contribution in [1.82, 2.24) is 15.6 Å². The average molecular weight is 406 g/mol. The summed E-state index contributed by atoms with van der Waals surface area (Å²) in [6.45, 7) is 6.49. The molecule has 0 saturated carbocycles. The number of benzene rings is 2. The van der Waals surface area contributed by atoms with Gasteiger partial charge in [-0.2, -0.15) is 10.2 Å². The number of carbonyl (C=O) groups is 1. The SMILES string of the molecule is COc1ccc(-c2cc(C(=O)NN=Cc3ccc(C(C)(C)C)cc3)[nH]n2)cc1OC. The van der Waals surface area contributed by atoms with Crippen molar-refractivity contribution < 1.29 is 14.3 Å². The predicted octanol–water partition coefficient (Wildman–Crippen LogP) is 4.16. The third-order valence-corrected chi connectivity index (χ3v) is 4.66. The molecular formula is C23H26N4O3. The second kappa shape index (κ2) is 8.82. The number of methoxy groups -OCH3 is 2. The number of nitrogens with one attached hydrogen (secondary N) is 2. The molecule has 30 heavy (non-hydrogen) atoms. The lowest BCUT2D eigenvalue weighted by molar-refractivity contribution is 0.0950. The van der Waals surface area contributed by atoms with Crippen LogP contribution in [0.4, 0.5) is 0 Å². The summed E-state index contributed by atoms with van der Waals surface area (Å²) in [4.78, 5) is 12.3. The molecule has 7 nitrogen and oxygen atoms in total. The molecule has 1 amide bonds. The van der Waals surface area contributed by atoms with E-state index < -0.39 is 0 Å². The summed E-state index contributed by atoms with van der Waals surface area (Å²) < 4.78 is 10.6. The molecule has 0 atom stereocenters. The van der Waals surface area contributed by atoms with Crippen molar-refractivity contribution in [3.05, 3.63) is 65.4 Å². The lowest BCUT2D eigenvalue weighted by Crippen LogP contribution is -2.18. The first-order chi connectivity index (χ1) is 14.3. The molecule has 0 radical (unpaired) electrons. The highest BCUT2D eigenvalue weighted by molar-refractivity contribution is 5.94. The zero-order chi connectivity index (χ0) is 21.7. The first kappa shape index (κ1) is 21.1. The second-order valence-electron chi connectivity index (χ2n) is 7.81. The summed E-state index contributed by atoms with van der Waals surface area (Å²) in [7, 11) is 3.15. The molecule has 7 heteroatoms. The molecule has 1 aromatic heterocycles. The number of carbonyl (C=O) groups excluding carboxylic acids is 1. The van der Waals surface area contributed by atoms with Gasteiger partial charge in [0.15, 0.2) is 11.5 Å². The Morgan fingerprint density at radius 3 is 2.37 bits per heavy atom. The minimum absolute atomic E-state index is 0.0934. The van der Waals surface area contributed by atoms with E-state index in [4.69, 9.17) is 9.47 Å². The van der Waals surface area contributed by atoms with Gasteiger partial charge in [-0.3, -0.25) is 9.89 Å². The van der Waals surface area contributed by atoms with Crippen LogP contribution in [0.25, 0.3) is 11.3 Å². The van der Waals surface area contributed by atoms with E-state index in [-0.39, 0.29) is 11.3 Å². The second-order valence-corrected chi connectivity index (χ2v) is 7.81. The number of H-pyrrole nitrogens is 1. The lowest BCUT2D eigenvalue weighted by Gasteiger charge is -2.18. The van der Waals surface area contributed by atoms with Crippen molar-refractivity contribution >= 4 is 12.1 Å². The molecule has 156 valence electrons. The number of amides is 1. The maximum atomic E-state index is 12.3. The summed E-state index contributed by atoms with van der Waals surface area (Å²) in [5.41, 5.74) is 6.46. The van der Waals surface area contributed by atoms with Crippen molar-refractivity contribution in [2.24, 2.45) is 5.10 Å². The van der Waals surface area contributed by atoms with Crippen molar-refractivity contribution in [3.8, 4) is 22.8 Å². The standard InChI is InChI=1S/C23H26N4O3/c1-23(2,3)17-9-6-15(7-10-17)14-24-27-22(28)19-13-18(25-26-19)16-8-11-20(29-4)21(12-16)30-5/h6-14H,1-5H3,(H,25,26)(H,27,28). The molecular weight excluding hydrogens is 380 g/mol. The number of hydrogen-bond donors (Lipinski definition) is 2. The van der Waals surface area contributed by atoms with E-state index in [0.29, 0.717) is 22.9 Å². The first-order valence-corrected chi connectivity index (χ1v) is 9.53. The van der Waals surface area contributed by atoms with Crippen LogP contribution >= 0.6 is 0 Å². The largest absolute Gasteiger partial charge is 0.493 e. The Morgan fingerprint density at radius 2 is 1.73 bits per heavy atom. The van der Waals surface area contributed by atoms with Crippen molar-refractivity contribution in [3.63, 3.8) is 0 Å². The third-order valence-electron chi connectivity index (χ3n) is 4.66. The fourth-order valence-corrected chi connectivity index (χ4v) is 2.88. The molecule has 3 aromatic rings. The van der Waals surface area contributed by atoms with E-state index in [1.54, 1.807) is 38.6 Å². The Balaban J connectivity index is 1.66. The summed E-state index contributed by atoms with van der Waals surface area (Å²) in [6, 6.07) is 15.2. The first-order valence-electron chi connectivity index (χ1n) is 9.53. The normalized spacial score (nSPS) is 11.5. The molecule has 3 rings (SSSR count). The van der Waals surface area contributed by atoms with Crippen LogP contribution in [0.2, 0.25) is 0 Å². The summed E-state index contributed by atoms with van der Waals surface area (Å²) in [5, 5.41) is 11.0. The molecule has 0 unspecified atom stereocenters. The molecule has 0 spiro atoms. The fraction of sp³-hybridized carbons (Fsp3) is 0.261. The number of aromatic nitrogens is 2. The van der Waals surface area contributed by atoms with Crippen LogP contribution in [-0.4, -0.2) is 36.5 Å². The van der Waals surface area contributed by atoms with Crippen LogP contribution in [0.1, 0.15) is 42.4 Å². The highest BCUT2D eigenvalue weighted by atomic mass is 16.5. The summed E-state index contributed by atoms with van der Waals surface area (Å²) in [6.07, 6.45) is 1.61. The predicted molar refractivity (Wildman–Crippen MR) is 117 cm³/mol. The highest BCUT2D eigenvalue weighted by Gasteiger charge is 2.14. The van der Waals surface area contributed by atoms with Crippen LogP contribution in [0, 0.1) is 0 Å². The van der Waals surface area contributed by atoms with Crippen molar-refractivity contribution in [2.45, 2.75) is 26.2 Å². The Labute approximate surface area is 176 Å². The zero-order valence-electron chi connectivity index (χ0n) is 17.8. The van der Waals surface area contributed by atoms with E-state index >= 15 is 0 Å². The monoisotopic (exact) mass is 406 g/mol. The Kier molecular flexibility index (Phi) is 6.20. The van der Waals surface area contributed by atoms with Crippen molar-refractivity contribution in [1.29, 1.82) is 0 Å². The average Bonchev–Trinajstić information content (AvgIpc) is 3.23. The number of hydrogen-bond acceptors (Lipinski definition) is 5. The van der Waals surface area contributed by atoms with Crippen LogP contribution in [0.5, 0.6) is 11.5 Å². The Hall–Kier alpha value is -3.61. The van der Waals surface area contributed by atoms with Crippen LogP contribution in [-0.2, 0) is 5.41 Å². The van der Waals surface area contributed by atoms with E-state index in [1.807, 2.05) is 18.2 Å². The van der Waals surface area contributed by atoms with E-state index in [2.05, 4.69) is 53.6 Å². The van der Waals surface area contributed by atoms with Gasteiger partial charge in [-0.05, 0) is 40.8 Å². The van der Waals surface area contributed by atoms with Crippen LogP contribution in [0.3, 0.4) is 0 Å². The Bertz CT molecular complexity index is 1050. The molecule has 0 bridgehead atoms. The van der Waals surface area contributed by atoms with Crippen LogP contribution < -0.4 is 14.9 Å².